The van der Waals surface area contributed by atoms with Crippen LogP contribution in [0.2, 0.25) is 0 Å². The number of nitrogens with one attached hydrogen (secondary N) is 1. The minimum Gasteiger partial charge on any atom is -0.489 e. The van der Waals surface area contributed by atoms with Gasteiger partial charge in [0.15, 0.2) is 0 Å². The Bertz CT molecular complexity index is 564. The summed E-state index contributed by atoms with van der Waals surface area (Å²) in [7, 11) is 1.92. The molecule has 2 nitrogen and oxygen atoms in total. The third kappa shape index (κ3) is 4.26. The lowest BCUT2D eigenvalue weighted by molar-refractivity contribution is 0.292. The minimum atomic E-state index is -0.588. The van der Waals surface area contributed by atoms with Crippen LogP contribution >= 0.6 is 0 Å². The third-order valence-corrected chi connectivity index (χ3v) is 3.40. The van der Waals surface area contributed by atoms with E-state index in [2.05, 4.69) is 12.2 Å². The zero-order valence-electron chi connectivity index (χ0n) is 12.2. The molecule has 0 bridgehead atoms. The van der Waals surface area contributed by atoms with Crippen molar-refractivity contribution >= 4 is 0 Å². The Labute approximate surface area is 123 Å². The van der Waals surface area contributed by atoms with E-state index in [-0.39, 0.29) is 12.2 Å². The smallest absolute Gasteiger partial charge is 0.132 e. The average Bonchev–Trinajstić information content (AvgIpc) is 2.48. The molecule has 112 valence electrons. The van der Waals surface area contributed by atoms with Gasteiger partial charge in [0, 0.05) is 6.04 Å². The van der Waals surface area contributed by atoms with E-state index < -0.39 is 11.6 Å². The summed E-state index contributed by atoms with van der Waals surface area (Å²) in [5, 5.41) is 3.17. The number of halogens is 2. The van der Waals surface area contributed by atoms with Crippen molar-refractivity contribution in [2.24, 2.45) is 0 Å². The van der Waals surface area contributed by atoms with Crippen molar-refractivity contribution in [3.05, 3.63) is 65.2 Å². The minimum absolute atomic E-state index is 0.0506. The Morgan fingerprint density at radius 1 is 1.05 bits per heavy atom. The van der Waals surface area contributed by atoms with Crippen LogP contribution in [0.4, 0.5) is 8.78 Å². The van der Waals surface area contributed by atoms with Crippen molar-refractivity contribution in [2.45, 2.75) is 26.0 Å². The summed E-state index contributed by atoms with van der Waals surface area (Å²) in [5.41, 5.74) is 1.13. The van der Waals surface area contributed by atoms with Crippen LogP contribution in [-0.4, -0.2) is 13.1 Å². The highest BCUT2D eigenvalue weighted by Gasteiger charge is 2.09. The van der Waals surface area contributed by atoms with E-state index in [4.69, 9.17) is 4.74 Å². The van der Waals surface area contributed by atoms with Crippen molar-refractivity contribution in [3.8, 4) is 5.75 Å². The van der Waals surface area contributed by atoms with E-state index in [0.29, 0.717) is 11.8 Å². The van der Waals surface area contributed by atoms with Crippen LogP contribution in [0.25, 0.3) is 0 Å². The van der Waals surface area contributed by atoms with Gasteiger partial charge in [0.05, 0.1) is 5.56 Å². The van der Waals surface area contributed by atoms with Crippen LogP contribution in [-0.2, 0) is 13.0 Å². The maximum Gasteiger partial charge on any atom is 0.132 e. The second kappa shape index (κ2) is 7.18. The molecule has 0 radical (unpaired) electrons. The van der Waals surface area contributed by atoms with E-state index in [0.717, 1.165) is 6.42 Å². The molecular weight excluding hydrogens is 272 g/mol. The van der Waals surface area contributed by atoms with Crippen molar-refractivity contribution < 1.29 is 13.5 Å². The molecule has 0 aromatic heterocycles. The fraction of sp³-hybridized carbons (Fsp3) is 0.294. The molecule has 2 rings (SSSR count). The van der Waals surface area contributed by atoms with E-state index >= 15 is 0 Å². The second-order valence-corrected chi connectivity index (χ2v) is 5.03. The molecule has 0 saturated carbocycles. The van der Waals surface area contributed by atoms with Gasteiger partial charge in [-0.2, -0.15) is 0 Å². The van der Waals surface area contributed by atoms with Gasteiger partial charge in [0.1, 0.15) is 24.0 Å². The molecule has 0 aliphatic heterocycles. The Kier molecular flexibility index (Phi) is 5.28. The van der Waals surface area contributed by atoms with Crippen LogP contribution in [0.1, 0.15) is 18.1 Å². The highest BCUT2D eigenvalue weighted by atomic mass is 19.1. The van der Waals surface area contributed by atoms with Crippen LogP contribution in [0, 0.1) is 11.6 Å². The molecule has 2 aromatic carbocycles. The van der Waals surface area contributed by atoms with E-state index in [1.165, 1.54) is 23.8 Å². The molecule has 1 N–H and O–H groups in total. The maximum atomic E-state index is 13.5. The molecule has 4 heteroatoms. The third-order valence-electron chi connectivity index (χ3n) is 3.40. The first-order valence-corrected chi connectivity index (χ1v) is 6.92. The highest BCUT2D eigenvalue weighted by Crippen LogP contribution is 2.18. The van der Waals surface area contributed by atoms with Gasteiger partial charge in [-0.05, 0) is 50.2 Å². The van der Waals surface area contributed by atoms with Gasteiger partial charge in [-0.3, -0.25) is 0 Å². The quantitative estimate of drug-likeness (QED) is 0.876. The lowest BCUT2D eigenvalue weighted by Crippen LogP contribution is -2.23. The summed E-state index contributed by atoms with van der Waals surface area (Å²) in [4.78, 5) is 0. The second-order valence-electron chi connectivity index (χ2n) is 5.03. The fourth-order valence-corrected chi connectivity index (χ4v) is 2.00. The van der Waals surface area contributed by atoms with E-state index in [1.807, 2.05) is 31.3 Å². The predicted molar refractivity (Wildman–Crippen MR) is 79.4 cm³/mol. The van der Waals surface area contributed by atoms with Gasteiger partial charge in [-0.25, -0.2) is 8.78 Å². The lowest BCUT2D eigenvalue weighted by atomic mass is 10.1. The van der Waals surface area contributed by atoms with Crippen molar-refractivity contribution in [1.29, 1.82) is 0 Å². The average molecular weight is 291 g/mol. The summed E-state index contributed by atoms with van der Waals surface area (Å²) in [5.74, 6) is -0.581. The summed E-state index contributed by atoms with van der Waals surface area (Å²) in [6, 6.07) is 11.7. The zero-order chi connectivity index (χ0) is 15.2. The largest absolute Gasteiger partial charge is 0.489 e. The summed E-state index contributed by atoms with van der Waals surface area (Å²) in [6.45, 7) is 1.98. The van der Waals surface area contributed by atoms with E-state index in [9.17, 15) is 8.78 Å². The number of hydrogen-bond acceptors (Lipinski definition) is 2. The highest BCUT2D eigenvalue weighted by molar-refractivity contribution is 5.28. The molecule has 1 unspecified atom stereocenters. The van der Waals surface area contributed by atoms with Gasteiger partial charge in [-0.15, -0.1) is 0 Å². The van der Waals surface area contributed by atoms with Crippen LogP contribution < -0.4 is 10.1 Å². The van der Waals surface area contributed by atoms with Crippen molar-refractivity contribution in [2.75, 3.05) is 7.05 Å². The summed E-state index contributed by atoms with van der Waals surface area (Å²) < 4.78 is 32.4. The number of ether oxygens (including phenoxy) is 1. The molecule has 0 aliphatic carbocycles. The first kappa shape index (κ1) is 15.4. The predicted octanol–water partition coefficient (Wildman–Crippen LogP) is 3.69. The molecule has 21 heavy (non-hydrogen) atoms. The molecule has 0 amide bonds. The number of rotatable bonds is 6. The standard InChI is InChI=1S/C17H19F2NO/c1-12(20-2)10-13-6-8-14(9-7-13)21-11-15-16(18)4-3-5-17(15)19/h3-9,12,20H,10-11H2,1-2H3. The number of likely N-dealkylation sites (N-methyl/N-ethyl adjacent to an activating group) is 1. The number of benzene rings is 2. The van der Waals surface area contributed by atoms with Crippen molar-refractivity contribution in [1.82, 2.24) is 5.32 Å². The van der Waals surface area contributed by atoms with Gasteiger partial charge in [0.25, 0.3) is 0 Å². The summed E-state index contributed by atoms with van der Waals surface area (Å²) >= 11 is 0. The Balaban J connectivity index is 1.98. The molecule has 0 heterocycles. The molecule has 0 spiro atoms. The van der Waals surface area contributed by atoms with Crippen LogP contribution in [0.3, 0.4) is 0 Å². The van der Waals surface area contributed by atoms with Gasteiger partial charge in [0.2, 0.25) is 0 Å². The molecule has 0 saturated heterocycles. The molecular formula is C17H19F2NO. The van der Waals surface area contributed by atoms with Gasteiger partial charge >= 0.3 is 0 Å². The van der Waals surface area contributed by atoms with Gasteiger partial charge in [-0.1, -0.05) is 18.2 Å². The number of hydrogen-bond donors (Lipinski definition) is 1. The monoisotopic (exact) mass is 291 g/mol. The first-order valence-electron chi connectivity index (χ1n) is 6.92. The fourth-order valence-electron chi connectivity index (χ4n) is 2.00. The van der Waals surface area contributed by atoms with E-state index in [1.54, 1.807) is 0 Å². The molecule has 0 aliphatic rings. The molecule has 1 atom stereocenters. The Hall–Kier alpha value is -1.94. The maximum absolute atomic E-state index is 13.5. The Morgan fingerprint density at radius 2 is 1.67 bits per heavy atom. The summed E-state index contributed by atoms with van der Waals surface area (Å²) in [6.07, 6.45) is 0.915. The molecule has 2 aromatic rings. The van der Waals surface area contributed by atoms with Crippen LogP contribution in [0.5, 0.6) is 5.75 Å². The Morgan fingerprint density at radius 3 is 2.24 bits per heavy atom. The van der Waals surface area contributed by atoms with Gasteiger partial charge < -0.3 is 10.1 Å². The van der Waals surface area contributed by atoms with Crippen molar-refractivity contribution in [3.63, 3.8) is 0 Å². The SMILES string of the molecule is CNC(C)Cc1ccc(OCc2c(F)cccc2F)cc1. The van der Waals surface area contributed by atoms with Crippen LogP contribution in [0.15, 0.2) is 42.5 Å². The normalized spacial score (nSPS) is 12.2. The topological polar surface area (TPSA) is 21.3 Å². The zero-order valence-corrected chi connectivity index (χ0v) is 12.2. The molecule has 0 fully saturated rings. The lowest BCUT2D eigenvalue weighted by Gasteiger charge is -2.11. The first-order chi connectivity index (χ1) is 10.1.